The number of thioether (sulfide) groups is 1. The van der Waals surface area contributed by atoms with Crippen LogP contribution in [0.25, 0.3) is 22.1 Å². The molecule has 0 unspecified atom stereocenters. The lowest BCUT2D eigenvalue weighted by Gasteiger charge is -2.08. The molecule has 2 heterocycles. The van der Waals surface area contributed by atoms with Gasteiger partial charge in [0.05, 0.1) is 12.1 Å². The number of rotatable bonds is 13. The Kier molecular flexibility index (Phi) is 9.28. The minimum Gasteiger partial charge on any atom is -0.356 e. The van der Waals surface area contributed by atoms with Crippen molar-refractivity contribution < 1.29 is 9.18 Å². The van der Waals surface area contributed by atoms with E-state index < -0.39 is 0 Å². The molecule has 1 N–H and O–H groups in total. The molecule has 0 saturated heterocycles. The van der Waals surface area contributed by atoms with Crippen molar-refractivity contribution in [3.63, 3.8) is 0 Å². The van der Waals surface area contributed by atoms with Gasteiger partial charge in [-0.1, -0.05) is 67.8 Å². The summed E-state index contributed by atoms with van der Waals surface area (Å²) in [5.74, 6) is 0.703. The van der Waals surface area contributed by atoms with Crippen molar-refractivity contribution in [2.45, 2.75) is 70.5 Å². The number of unbranched alkanes of at least 4 members (excludes halogenated alkanes) is 4. The molecule has 2 aromatic carbocycles. The van der Waals surface area contributed by atoms with Gasteiger partial charge in [-0.05, 0) is 44.4 Å². The van der Waals surface area contributed by atoms with Crippen LogP contribution in [0.2, 0.25) is 0 Å². The van der Waals surface area contributed by atoms with Gasteiger partial charge < -0.3 is 9.88 Å². The summed E-state index contributed by atoms with van der Waals surface area (Å²) in [5.41, 5.74) is 4.12. The predicted octanol–water partition coefficient (Wildman–Crippen LogP) is 6.43. The maximum Gasteiger partial charge on any atom is 0.219 e. The molecule has 36 heavy (non-hydrogen) atoms. The molecule has 0 aliphatic carbocycles. The number of amides is 1. The van der Waals surface area contributed by atoms with Crippen LogP contribution < -0.4 is 5.32 Å². The van der Waals surface area contributed by atoms with Gasteiger partial charge in [0.15, 0.2) is 5.65 Å². The highest BCUT2D eigenvalue weighted by Gasteiger charge is 2.16. The van der Waals surface area contributed by atoms with Crippen molar-refractivity contribution in [3.05, 3.63) is 59.4 Å². The summed E-state index contributed by atoms with van der Waals surface area (Å²) in [6.45, 7) is 5.36. The number of benzene rings is 2. The van der Waals surface area contributed by atoms with Crippen LogP contribution in [0.5, 0.6) is 0 Å². The zero-order valence-corrected chi connectivity index (χ0v) is 21.9. The lowest BCUT2D eigenvalue weighted by molar-refractivity contribution is -0.121. The van der Waals surface area contributed by atoms with Crippen molar-refractivity contribution in [2.24, 2.45) is 0 Å². The van der Waals surface area contributed by atoms with Gasteiger partial charge in [-0.2, -0.15) is 0 Å². The fraction of sp³-hybridized carbons (Fsp3) is 0.429. The van der Waals surface area contributed by atoms with Crippen LogP contribution in [0.1, 0.15) is 63.0 Å². The molecule has 0 atom stereocenters. The lowest BCUT2D eigenvalue weighted by Crippen LogP contribution is -2.23. The van der Waals surface area contributed by atoms with E-state index in [4.69, 9.17) is 4.98 Å². The minimum atomic E-state index is -0.235. The van der Waals surface area contributed by atoms with E-state index >= 15 is 0 Å². The summed E-state index contributed by atoms with van der Waals surface area (Å²) < 4.78 is 16.5. The minimum absolute atomic E-state index is 0.129. The molecule has 0 saturated carbocycles. The third-order valence-corrected chi connectivity index (χ3v) is 7.19. The Morgan fingerprint density at radius 3 is 2.75 bits per heavy atom. The first kappa shape index (κ1) is 26.1. The Labute approximate surface area is 216 Å². The molecule has 0 spiro atoms. The second-order valence-corrected chi connectivity index (χ2v) is 10.2. The molecule has 6 nitrogen and oxygen atoms in total. The molecular formula is C28H34FN5OS. The number of hydrogen-bond donors (Lipinski definition) is 1. The van der Waals surface area contributed by atoms with Crippen molar-refractivity contribution in [1.29, 1.82) is 0 Å². The second kappa shape index (κ2) is 12.8. The summed E-state index contributed by atoms with van der Waals surface area (Å²) in [5, 5.41) is 13.4. The van der Waals surface area contributed by atoms with E-state index in [9.17, 15) is 9.18 Å². The highest BCUT2D eigenvalue weighted by Crippen LogP contribution is 2.29. The lowest BCUT2D eigenvalue weighted by atomic mass is 10.1. The summed E-state index contributed by atoms with van der Waals surface area (Å²) >= 11 is 1.54. The molecule has 0 aliphatic rings. The van der Waals surface area contributed by atoms with E-state index in [2.05, 4.69) is 28.5 Å². The average molecular weight is 508 g/mol. The molecule has 8 heteroatoms. The quantitative estimate of drug-likeness (QED) is 0.167. The molecule has 4 rings (SSSR count). The number of hydrogen-bond acceptors (Lipinski definition) is 5. The Morgan fingerprint density at radius 2 is 1.92 bits per heavy atom. The van der Waals surface area contributed by atoms with Crippen LogP contribution in [-0.4, -0.2) is 38.0 Å². The predicted molar refractivity (Wildman–Crippen MR) is 145 cm³/mol. The third kappa shape index (κ3) is 6.60. The van der Waals surface area contributed by atoms with Crippen LogP contribution in [0.4, 0.5) is 4.39 Å². The first-order chi connectivity index (χ1) is 17.6. The van der Waals surface area contributed by atoms with E-state index in [1.54, 1.807) is 23.9 Å². The normalized spacial score (nSPS) is 11.4. The first-order valence-electron chi connectivity index (χ1n) is 12.8. The van der Waals surface area contributed by atoms with Crippen molar-refractivity contribution in [2.75, 3.05) is 12.3 Å². The highest BCUT2D eigenvalue weighted by molar-refractivity contribution is 7.99. The fourth-order valence-electron chi connectivity index (χ4n) is 4.29. The molecule has 0 radical (unpaired) electrons. The summed E-state index contributed by atoms with van der Waals surface area (Å²) in [6.07, 6.45) is 6.91. The largest absolute Gasteiger partial charge is 0.356 e. The maximum absolute atomic E-state index is 14.4. The maximum atomic E-state index is 14.4. The second-order valence-electron chi connectivity index (χ2n) is 9.18. The molecule has 1 amide bonds. The van der Waals surface area contributed by atoms with E-state index in [1.165, 1.54) is 25.3 Å². The van der Waals surface area contributed by atoms with Gasteiger partial charge in [0.2, 0.25) is 11.1 Å². The molecule has 190 valence electrons. The van der Waals surface area contributed by atoms with Gasteiger partial charge in [-0.25, -0.2) is 9.37 Å². The van der Waals surface area contributed by atoms with Gasteiger partial charge in [0, 0.05) is 29.7 Å². The molecule has 4 aromatic rings. The van der Waals surface area contributed by atoms with Crippen molar-refractivity contribution >= 4 is 39.7 Å². The summed E-state index contributed by atoms with van der Waals surface area (Å²) in [4.78, 5) is 16.8. The number of fused-ring (bicyclic) bond motifs is 3. The monoisotopic (exact) mass is 507 g/mol. The number of carbonyl (C=O) groups is 1. The van der Waals surface area contributed by atoms with Crippen LogP contribution in [0.3, 0.4) is 0 Å². The van der Waals surface area contributed by atoms with Crippen LogP contribution in [-0.2, 0) is 11.3 Å². The van der Waals surface area contributed by atoms with Gasteiger partial charge in [0.25, 0.3) is 0 Å². The van der Waals surface area contributed by atoms with Gasteiger partial charge in [-0.3, -0.25) is 4.79 Å². The molecule has 2 aromatic heterocycles. The Morgan fingerprint density at radius 1 is 1.06 bits per heavy atom. The zero-order chi connectivity index (χ0) is 25.3. The fourth-order valence-corrected chi connectivity index (χ4v) is 5.07. The number of carbonyl (C=O) groups excluding carboxylic acids is 1. The third-order valence-electron chi connectivity index (χ3n) is 6.27. The number of aromatic nitrogens is 4. The first-order valence-corrected chi connectivity index (χ1v) is 13.8. The van der Waals surface area contributed by atoms with Crippen molar-refractivity contribution in [1.82, 2.24) is 25.1 Å². The van der Waals surface area contributed by atoms with Gasteiger partial charge in [-0.15, -0.1) is 10.2 Å². The number of halogens is 1. The smallest absolute Gasteiger partial charge is 0.219 e. The standard InChI is InChI=1S/C28H34FN5OS/c1-3-4-5-9-16-30-25(35)13-8-10-17-36-28-31-27-26(32-33-28)22-18-20(2)14-15-24(22)34(27)19-21-11-6-7-12-23(21)29/h6-7,11-12,14-15,18H,3-5,8-10,13,16-17,19H2,1-2H3,(H,30,35). The molecular weight excluding hydrogens is 473 g/mol. The molecule has 0 aliphatic heterocycles. The molecule has 0 fully saturated rings. The average Bonchev–Trinajstić information content (AvgIpc) is 3.17. The van der Waals surface area contributed by atoms with Crippen LogP contribution in [0.15, 0.2) is 47.6 Å². The summed E-state index contributed by atoms with van der Waals surface area (Å²) in [6, 6.07) is 13.0. The molecule has 0 bridgehead atoms. The van der Waals surface area contributed by atoms with E-state index in [1.807, 2.05) is 29.7 Å². The summed E-state index contributed by atoms with van der Waals surface area (Å²) in [7, 11) is 0. The van der Waals surface area contributed by atoms with Crippen LogP contribution in [0, 0.1) is 12.7 Å². The van der Waals surface area contributed by atoms with E-state index in [0.717, 1.165) is 53.5 Å². The Bertz CT molecular complexity index is 1320. The van der Waals surface area contributed by atoms with Gasteiger partial charge >= 0.3 is 0 Å². The number of nitrogens with zero attached hydrogens (tertiary/aromatic N) is 4. The number of aryl methyl sites for hydroxylation is 1. The Balaban J connectivity index is 1.40. The van der Waals surface area contributed by atoms with Crippen molar-refractivity contribution in [3.8, 4) is 0 Å². The topological polar surface area (TPSA) is 72.7 Å². The van der Waals surface area contributed by atoms with Gasteiger partial charge in [0.1, 0.15) is 11.3 Å². The highest BCUT2D eigenvalue weighted by atomic mass is 32.2. The zero-order valence-electron chi connectivity index (χ0n) is 21.1. The Hall–Kier alpha value is -3.00. The van der Waals surface area contributed by atoms with E-state index in [0.29, 0.717) is 29.3 Å². The number of nitrogens with one attached hydrogen (secondary N) is 1. The SMILES string of the molecule is CCCCCCNC(=O)CCCCSc1nnc2c3cc(C)ccc3n(Cc3ccccc3F)c2n1. The van der Waals surface area contributed by atoms with Crippen LogP contribution >= 0.6 is 11.8 Å². The van der Waals surface area contributed by atoms with E-state index in [-0.39, 0.29) is 11.7 Å².